The Kier molecular flexibility index (Phi) is 6.26. The fourth-order valence-electron chi connectivity index (χ4n) is 2.01. The van der Waals surface area contributed by atoms with Gasteiger partial charge in [-0.25, -0.2) is 0 Å². The SMILES string of the molecule is Cc1ccc(C(=O)CCC(=O)NNC(=O)c2ccccc2Br)cc1. The molecule has 0 heterocycles. The third-order valence-corrected chi connectivity index (χ3v) is 4.08. The molecule has 2 amide bonds. The summed E-state index contributed by atoms with van der Waals surface area (Å²) in [7, 11) is 0. The number of hydrogen-bond acceptors (Lipinski definition) is 3. The summed E-state index contributed by atoms with van der Waals surface area (Å²) >= 11 is 3.27. The van der Waals surface area contributed by atoms with Crippen LogP contribution in [0.25, 0.3) is 0 Å². The first-order valence-corrected chi connectivity index (χ1v) is 8.20. The largest absolute Gasteiger partial charge is 0.294 e. The van der Waals surface area contributed by atoms with Crippen LogP contribution in [0, 0.1) is 6.92 Å². The maximum Gasteiger partial charge on any atom is 0.270 e. The molecular formula is C18H17BrN2O3. The van der Waals surface area contributed by atoms with Crippen LogP contribution in [-0.2, 0) is 4.79 Å². The second-order valence-corrected chi connectivity index (χ2v) is 6.13. The summed E-state index contributed by atoms with van der Waals surface area (Å²) in [6, 6.07) is 14.1. The van der Waals surface area contributed by atoms with Crippen LogP contribution in [0.3, 0.4) is 0 Å². The number of carbonyl (C=O) groups is 3. The first kappa shape index (κ1) is 17.9. The minimum atomic E-state index is -0.430. The van der Waals surface area contributed by atoms with E-state index in [2.05, 4.69) is 26.8 Å². The van der Waals surface area contributed by atoms with Gasteiger partial charge in [0.05, 0.1) is 5.56 Å². The topological polar surface area (TPSA) is 75.3 Å². The first-order chi connectivity index (χ1) is 11.5. The Morgan fingerprint density at radius 3 is 2.25 bits per heavy atom. The van der Waals surface area contributed by atoms with Crippen LogP contribution in [0.1, 0.15) is 39.1 Å². The van der Waals surface area contributed by atoms with Gasteiger partial charge in [-0.15, -0.1) is 0 Å². The summed E-state index contributed by atoms with van der Waals surface area (Å²) in [6.07, 6.45) is 0.0861. The second kappa shape index (κ2) is 8.40. The van der Waals surface area contributed by atoms with Crippen molar-refractivity contribution < 1.29 is 14.4 Å². The molecule has 0 radical (unpaired) electrons. The number of Topliss-reactive ketones (excluding diaryl/α,β-unsaturated/α-hetero) is 1. The van der Waals surface area contributed by atoms with Crippen molar-refractivity contribution in [2.45, 2.75) is 19.8 Å². The number of nitrogens with one attached hydrogen (secondary N) is 2. The van der Waals surface area contributed by atoms with Crippen LogP contribution in [0.4, 0.5) is 0 Å². The van der Waals surface area contributed by atoms with Gasteiger partial charge in [0.25, 0.3) is 5.91 Å². The molecule has 0 spiro atoms. The van der Waals surface area contributed by atoms with Gasteiger partial charge in [-0.3, -0.25) is 25.2 Å². The predicted molar refractivity (Wildman–Crippen MR) is 94.5 cm³/mol. The molecule has 2 aromatic rings. The molecule has 5 nitrogen and oxygen atoms in total. The van der Waals surface area contributed by atoms with Crippen LogP contribution >= 0.6 is 15.9 Å². The van der Waals surface area contributed by atoms with Crippen LogP contribution in [0.2, 0.25) is 0 Å². The Labute approximate surface area is 148 Å². The molecule has 0 atom stereocenters. The van der Waals surface area contributed by atoms with Gasteiger partial charge in [0.2, 0.25) is 5.91 Å². The Balaban J connectivity index is 1.79. The van der Waals surface area contributed by atoms with Crippen molar-refractivity contribution in [3.8, 4) is 0 Å². The van der Waals surface area contributed by atoms with Crippen molar-refractivity contribution in [1.29, 1.82) is 0 Å². The summed E-state index contributed by atoms with van der Waals surface area (Å²) < 4.78 is 0.631. The highest BCUT2D eigenvalue weighted by atomic mass is 79.9. The van der Waals surface area contributed by atoms with Gasteiger partial charge in [0.1, 0.15) is 0 Å². The van der Waals surface area contributed by atoms with Gasteiger partial charge in [0, 0.05) is 22.9 Å². The lowest BCUT2D eigenvalue weighted by Crippen LogP contribution is -2.41. The van der Waals surface area contributed by atoms with Gasteiger partial charge in [-0.2, -0.15) is 0 Å². The molecule has 0 aliphatic heterocycles. The number of aryl methyl sites for hydroxylation is 1. The number of hydrazine groups is 1. The Bertz CT molecular complexity index is 757. The Morgan fingerprint density at radius 2 is 1.58 bits per heavy atom. The van der Waals surface area contributed by atoms with E-state index in [4.69, 9.17) is 0 Å². The third kappa shape index (κ3) is 5.03. The Hall–Kier alpha value is -2.47. The molecule has 124 valence electrons. The van der Waals surface area contributed by atoms with E-state index < -0.39 is 11.8 Å². The van der Waals surface area contributed by atoms with Gasteiger partial charge < -0.3 is 0 Å². The number of halogens is 1. The monoisotopic (exact) mass is 388 g/mol. The number of amides is 2. The zero-order valence-electron chi connectivity index (χ0n) is 13.1. The predicted octanol–water partition coefficient (Wildman–Crippen LogP) is 3.18. The maximum absolute atomic E-state index is 12.0. The van der Waals surface area contributed by atoms with Crippen molar-refractivity contribution in [3.63, 3.8) is 0 Å². The molecule has 0 fully saturated rings. The van der Waals surface area contributed by atoms with Gasteiger partial charge in [-0.1, -0.05) is 42.0 Å². The molecular weight excluding hydrogens is 372 g/mol. The van der Waals surface area contributed by atoms with E-state index in [9.17, 15) is 14.4 Å². The molecule has 2 rings (SSSR count). The maximum atomic E-state index is 12.0. The van der Waals surface area contributed by atoms with Crippen molar-refractivity contribution >= 4 is 33.5 Å². The zero-order valence-corrected chi connectivity index (χ0v) is 14.7. The quantitative estimate of drug-likeness (QED) is 0.609. The van der Waals surface area contributed by atoms with Crippen LogP contribution in [0.5, 0.6) is 0 Å². The summed E-state index contributed by atoms with van der Waals surface area (Å²) in [4.78, 5) is 35.7. The average molecular weight is 389 g/mol. The lowest BCUT2D eigenvalue weighted by Gasteiger charge is -2.08. The van der Waals surface area contributed by atoms with E-state index in [1.54, 1.807) is 36.4 Å². The van der Waals surface area contributed by atoms with Crippen molar-refractivity contribution in [3.05, 3.63) is 69.7 Å². The van der Waals surface area contributed by atoms with Crippen LogP contribution in [0.15, 0.2) is 53.0 Å². The second-order valence-electron chi connectivity index (χ2n) is 5.27. The number of rotatable bonds is 5. The number of ketones is 1. The average Bonchev–Trinajstić information content (AvgIpc) is 2.58. The number of carbonyl (C=O) groups excluding carboxylic acids is 3. The molecule has 0 aliphatic rings. The van der Waals surface area contributed by atoms with Gasteiger partial charge in [-0.05, 0) is 35.0 Å². The third-order valence-electron chi connectivity index (χ3n) is 3.39. The highest BCUT2D eigenvalue weighted by Crippen LogP contribution is 2.15. The Morgan fingerprint density at radius 1 is 0.917 bits per heavy atom. The van der Waals surface area contributed by atoms with Crippen LogP contribution in [-0.4, -0.2) is 17.6 Å². The molecule has 0 saturated heterocycles. The summed E-state index contributed by atoms with van der Waals surface area (Å²) in [5.74, 6) is -0.959. The fraction of sp³-hybridized carbons (Fsp3) is 0.167. The lowest BCUT2D eigenvalue weighted by atomic mass is 10.1. The van der Waals surface area contributed by atoms with E-state index in [1.165, 1.54) is 0 Å². The summed E-state index contributed by atoms with van der Waals surface area (Å²) in [5, 5.41) is 0. The van der Waals surface area contributed by atoms with E-state index in [-0.39, 0.29) is 18.6 Å². The van der Waals surface area contributed by atoms with Crippen molar-refractivity contribution in [1.82, 2.24) is 10.9 Å². The lowest BCUT2D eigenvalue weighted by molar-refractivity contribution is -0.121. The first-order valence-electron chi connectivity index (χ1n) is 7.41. The minimum absolute atomic E-state index is 0.00293. The van der Waals surface area contributed by atoms with Crippen LogP contribution < -0.4 is 10.9 Å². The normalized spacial score (nSPS) is 10.1. The van der Waals surface area contributed by atoms with Gasteiger partial charge in [0.15, 0.2) is 5.78 Å². The standard InChI is InChI=1S/C18H17BrN2O3/c1-12-6-8-13(9-7-12)16(22)10-11-17(23)20-21-18(24)14-4-2-3-5-15(14)19/h2-9H,10-11H2,1H3,(H,20,23)(H,21,24). The smallest absolute Gasteiger partial charge is 0.270 e. The summed E-state index contributed by atoms with van der Waals surface area (Å²) in [5.41, 5.74) is 6.70. The van der Waals surface area contributed by atoms with Crippen molar-refractivity contribution in [2.75, 3.05) is 0 Å². The molecule has 2 N–H and O–H groups in total. The molecule has 0 saturated carbocycles. The zero-order chi connectivity index (χ0) is 17.5. The molecule has 6 heteroatoms. The van der Waals surface area contributed by atoms with E-state index >= 15 is 0 Å². The van der Waals surface area contributed by atoms with E-state index in [1.807, 2.05) is 19.1 Å². The number of benzene rings is 2. The van der Waals surface area contributed by atoms with Crippen molar-refractivity contribution in [2.24, 2.45) is 0 Å². The highest BCUT2D eigenvalue weighted by Gasteiger charge is 2.12. The highest BCUT2D eigenvalue weighted by molar-refractivity contribution is 9.10. The molecule has 2 aromatic carbocycles. The molecule has 0 unspecified atom stereocenters. The van der Waals surface area contributed by atoms with E-state index in [0.29, 0.717) is 15.6 Å². The number of hydrogen-bond donors (Lipinski definition) is 2. The molecule has 0 aliphatic carbocycles. The van der Waals surface area contributed by atoms with Gasteiger partial charge >= 0.3 is 0 Å². The molecule has 0 aromatic heterocycles. The minimum Gasteiger partial charge on any atom is -0.294 e. The summed E-state index contributed by atoms with van der Waals surface area (Å²) in [6.45, 7) is 1.94. The molecule has 0 bridgehead atoms. The molecule has 24 heavy (non-hydrogen) atoms. The fourth-order valence-corrected chi connectivity index (χ4v) is 2.48. The van der Waals surface area contributed by atoms with E-state index in [0.717, 1.165) is 5.56 Å².